The molecule has 3 heterocycles. The Kier molecular flexibility index (Phi) is 6.52. The molecule has 8 nitrogen and oxygen atoms in total. The zero-order chi connectivity index (χ0) is 25.4. The molecule has 0 spiro atoms. The summed E-state index contributed by atoms with van der Waals surface area (Å²) in [5.74, 6) is -0.735. The highest BCUT2D eigenvalue weighted by Crippen LogP contribution is 2.38. The Morgan fingerprint density at radius 3 is 2.54 bits per heavy atom. The number of sulfonamides is 1. The van der Waals surface area contributed by atoms with E-state index in [2.05, 4.69) is 14.7 Å². The van der Waals surface area contributed by atoms with Crippen molar-refractivity contribution in [3.63, 3.8) is 0 Å². The lowest BCUT2D eigenvalue weighted by Crippen LogP contribution is -2.26. The standard InChI is InChI=1S/C23H20F3N3O5S/c1-13-6-7-14(2)15(10-13)22-16(23(24,25)26)8-9-19(27-22)29-35(31,32)21-5-3-4-20(28-21)34-18-12-33-11-17(18)30/h3-10,18H,11-12H2,1-2H3,(H,27,29). The fraction of sp³-hybridized carbons (Fsp3) is 0.261. The molecule has 0 aliphatic carbocycles. The van der Waals surface area contributed by atoms with E-state index in [1.54, 1.807) is 32.0 Å². The first-order chi connectivity index (χ1) is 16.4. The number of ketones is 1. The van der Waals surface area contributed by atoms with E-state index in [-0.39, 0.29) is 36.3 Å². The van der Waals surface area contributed by atoms with E-state index in [1.165, 1.54) is 18.2 Å². The Morgan fingerprint density at radius 1 is 1.09 bits per heavy atom. The third-order valence-electron chi connectivity index (χ3n) is 5.20. The van der Waals surface area contributed by atoms with Gasteiger partial charge in [0, 0.05) is 11.6 Å². The predicted octanol–water partition coefficient (Wildman–Crippen LogP) is 3.93. The molecule has 184 valence electrons. The van der Waals surface area contributed by atoms with Crippen molar-refractivity contribution in [1.82, 2.24) is 9.97 Å². The molecule has 4 rings (SSSR count). The minimum absolute atomic E-state index is 0.0202. The first-order valence-corrected chi connectivity index (χ1v) is 11.9. The second-order valence-corrected chi connectivity index (χ2v) is 9.55. The molecule has 12 heteroatoms. The van der Waals surface area contributed by atoms with Gasteiger partial charge in [-0.3, -0.25) is 9.52 Å². The number of nitrogens with zero attached hydrogens (tertiary/aromatic N) is 2. The summed E-state index contributed by atoms with van der Waals surface area (Å²) in [6.07, 6.45) is -5.60. The third kappa shape index (κ3) is 5.43. The summed E-state index contributed by atoms with van der Waals surface area (Å²) < 4.78 is 79.5. The van der Waals surface area contributed by atoms with Gasteiger partial charge in [0.2, 0.25) is 11.7 Å². The van der Waals surface area contributed by atoms with Crippen LogP contribution in [0.4, 0.5) is 19.0 Å². The van der Waals surface area contributed by atoms with Gasteiger partial charge in [0.1, 0.15) is 12.4 Å². The number of hydrogen-bond acceptors (Lipinski definition) is 7. The van der Waals surface area contributed by atoms with Gasteiger partial charge in [-0.25, -0.2) is 4.98 Å². The number of halogens is 3. The summed E-state index contributed by atoms with van der Waals surface area (Å²) in [6, 6.07) is 10.6. The van der Waals surface area contributed by atoms with Gasteiger partial charge in [0.05, 0.1) is 17.9 Å². The average molecular weight is 507 g/mol. The van der Waals surface area contributed by atoms with Crippen LogP contribution in [0.3, 0.4) is 0 Å². The number of carbonyl (C=O) groups is 1. The largest absolute Gasteiger partial charge is 0.464 e. The van der Waals surface area contributed by atoms with Crippen LogP contribution >= 0.6 is 0 Å². The van der Waals surface area contributed by atoms with E-state index in [0.29, 0.717) is 5.56 Å². The number of aromatic nitrogens is 2. The minimum Gasteiger partial charge on any atom is -0.464 e. The zero-order valence-corrected chi connectivity index (χ0v) is 19.4. The zero-order valence-electron chi connectivity index (χ0n) is 18.6. The molecule has 0 saturated carbocycles. The maximum Gasteiger partial charge on any atom is 0.418 e. The molecule has 1 atom stereocenters. The number of rotatable bonds is 6. The van der Waals surface area contributed by atoms with Gasteiger partial charge in [-0.15, -0.1) is 0 Å². The van der Waals surface area contributed by atoms with Gasteiger partial charge in [-0.1, -0.05) is 23.8 Å². The van der Waals surface area contributed by atoms with Gasteiger partial charge >= 0.3 is 6.18 Å². The molecular weight excluding hydrogens is 487 g/mol. The first kappa shape index (κ1) is 24.6. The Labute approximate surface area is 199 Å². The van der Waals surface area contributed by atoms with Gasteiger partial charge in [0.15, 0.2) is 11.1 Å². The highest BCUT2D eigenvalue weighted by molar-refractivity contribution is 7.92. The fourth-order valence-corrected chi connectivity index (χ4v) is 4.40. The van der Waals surface area contributed by atoms with Crippen molar-refractivity contribution in [2.45, 2.75) is 31.2 Å². The molecule has 3 aromatic rings. The molecule has 1 aliphatic heterocycles. The molecule has 35 heavy (non-hydrogen) atoms. The van der Waals surface area contributed by atoms with Crippen molar-refractivity contribution < 1.29 is 35.9 Å². The monoisotopic (exact) mass is 507 g/mol. The topological polar surface area (TPSA) is 107 Å². The number of anilines is 1. The molecule has 2 aromatic heterocycles. The Bertz CT molecular complexity index is 1390. The van der Waals surface area contributed by atoms with Crippen molar-refractivity contribution in [2.24, 2.45) is 0 Å². The quantitative estimate of drug-likeness (QED) is 0.539. The predicted molar refractivity (Wildman–Crippen MR) is 119 cm³/mol. The van der Waals surface area contributed by atoms with Crippen LogP contribution < -0.4 is 9.46 Å². The van der Waals surface area contributed by atoms with Crippen LogP contribution in [-0.2, 0) is 25.7 Å². The van der Waals surface area contributed by atoms with Crippen LogP contribution in [-0.4, -0.2) is 43.5 Å². The number of aryl methyl sites for hydroxylation is 2. The highest BCUT2D eigenvalue weighted by atomic mass is 32.2. The molecule has 1 aliphatic rings. The number of hydrogen-bond donors (Lipinski definition) is 1. The van der Waals surface area contributed by atoms with Crippen molar-refractivity contribution in [2.75, 3.05) is 17.9 Å². The smallest absolute Gasteiger partial charge is 0.418 e. The van der Waals surface area contributed by atoms with Crippen molar-refractivity contribution in [3.8, 4) is 17.1 Å². The molecule has 1 fully saturated rings. The number of nitrogens with one attached hydrogen (secondary N) is 1. The number of carbonyl (C=O) groups excluding carboxylic acids is 1. The van der Waals surface area contributed by atoms with Gasteiger partial charge < -0.3 is 9.47 Å². The second-order valence-electron chi connectivity index (χ2n) is 7.92. The number of ether oxygens (including phenoxy) is 2. The van der Waals surface area contributed by atoms with Crippen molar-refractivity contribution in [1.29, 1.82) is 0 Å². The van der Waals surface area contributed by atoms with Crippen LogP contribution in [0.5, 0.6) is 5.88 Å². The van der Waals surface area contributed by atoms with Crippen LogP contribution in [0, 0.1) is 13.8 Å². The Hall–Kier alpha value is -3.51. The van der Waals surface area contributed by atoms with Crippen LogP contribution in [0.1, 0.15) is 16.7 Å². The maximum atomic E-state index is 13.7. The van der Waals surface area contributed by atoms with Crippen molar-refractivity contribution in [3.05, 3.63) is 65.2 Å². The van der Waals surface area contributed by atoms with Gasteiger partial charge in [-0.2, -0.15) is 26.6 Å². The van der Waals surface area contributed by atoms with Gasteiger partial charge in [-0.05, 0) is 43.7 Å². The molecule has 0 radical (unpaired) electrons. The molecule has 0 bridgehead atoms. The lowest BCUT2D eigenvalue weighted by Gasteiger charge is -2.16. The van der Waals surface area contributed by atoms with Crippen LogP contribution in [0.25, 0.3) is 11.3 Å². The Morgan fingerprint density at radius 2 is 1.86 bits per heavy atom. The summed E-state index contributed by atoms with van der Waals surface area (Å²) in [7, 11) is -4.35. The number of pyridine rings is 2. The molecular formula is C23H20F3N3O5S. The van der Waals surface area contributed by atoms with E-state index in [1.807, 2.05) is 0 Å². The maximum absolute atomic E-state index is 13.7. The number of alkyl halides is 3. The molecule has 1 N–H and O–H groups in total. The molecule has 1 aromatic carbocycles. The summed E-state index contributed by atoms with van der Waals surface area (Å²) in [4.78, 5) is 19.6. The highest BCUT2D eigenvalue weighted by Gasteiger charge is 2.35. The Balaban J connectivity index is 1.68. The van der Waals surface area contributed by atoms with E-state index >= 15 is 0 Å². The van der Waals surface area contributed by atoms with E-state index < -0.39 is 38.6 Å². The summed E-state index contributed by atoms with van der Waals surface area (Å²) in [5.41, 5.74) is 0.106. The fourth-order valence-electron chi connectivity index (χ4n) is 3.44. The minimum atomic E-state index is -4.70. The lowest BCUT2D eigenvalue weighted by molar-refractivity contribution is -0.137. The van der Waals surface area contributed by atoms with Crippen molar-refractivity contribution >= 4 is 21.6 Å². The molecule has 0 amide bonds. The van der Waals surface area contributed by atoms with E-state index in [9.17, 15) is 26.4 Å². The summed E-state index contributed by atoms with van der Waals surface area (Å²) in [5, 5.41) is -0.462. The van der Waals surface area contributed by atoms with Gasteiger partial charge in [0.25, 0.3) is 10.0 Å². The molecule has 1 saturated heterocycles. The lowest BCUT2D eigenvalue weighted by atomic mass is 9.99. The summed E-state index contributed by atoms with van der Waals surface area (Å²) in [6.45, 7) is 3.29. The summed E-state index contributed by atoms with van der Waals surface area (Å²) >= 11 is 0. The number of benzene rings is 1. The normalized spacial score (nSPS) is 16.4. The van der Waals surface area contributed by atoms with Crippen LogP contribution in [0.2, 0.25) is 0 Å². The SMILES string of the molecule is Cc1ccc(C)c(-c2nc(NS(=O)(=O)c3cccc(OC4COCC4=O)n3)ccc2C(F)(F)F)c1. The van der Waals surface area contributed by atoms with Crippen LogP contribution in [0.15, 0.2) is 53.6 Å². The first-order valence-electron chi connectivity index (χ1n) is 10.4. The van der Waals surface area contributed by atoms with E-state index in [0.717, 1.165) is 17.7 Å². The second kappa shape index (κ2) is 9.27. The number of Topliss-reactive ketones (excluding diaryl/α,β-unsaturated/α-hetero) is 1. The molecule has 1 unspecified atom stereocenters. The van der Waals surface area contributed by atoms with E-state index in [4.69, 9.17) is 9.47 Å². The third-order valence-corrected chi connectivity index (χ3v) is 6.45. The average Bonchev–Trinajstić information content (AvgIpc) is 3.19.